The standard InChI is InChI=1S/C15H22ClNO3S/c1-11(2)17(12-6-4-5-7-12)21(18,19)13-8-9-15(20-3)14(16)10-13/h8-12H,4-7H2,1-3H3. The number of hydrogen-bond donors (Lipinski definition) is 0. The van der Waals surface area contributed by atoms with Gasteiger partial charge in [-0.05, 0) is 44.9 Å². The minimum Gasteiger partial charge on any atom is -0.495 e. The third kappa shape index (κ3) is 3.35. The molecule has 118 valence electrons. The smallest absolute Gasteiger partial charge is 0.243 e. The molecule has 0 saturated heterocycles. The zero-order valence-corrected chi connectivity index (χ0v) is 14.2. The maximum absolute atomic E-state index is 12.9. The fourth-order valence-corrected chi connectivity index (χ4v) is 5.21. The van der Waals surface area contributed by atoms with Gasteiger partial charge in [-0.15, -0.1) is 0 Å². The quantitative estimate of drug-likeness (QED) is 0.826. The van der Waals surface area contributed by atoms with E-state index in [0.29, 0.717) is 10.8 Å². The molecule has 1 aromatic rings. The van der Waals surface area contributed by atoms with Crippen molar-refractivity contribution in [3.8, 4) is 5.75 Å². The molecule has 0 N–H and O–H groups in total. The van der Waals surface area contributed by atoms with E-state index in [1.165, 1.54) is 13.2 Å². The third-order valence-electron chi connectivity index (χ3n) is 3.89. The summed E-state index contributed by atoms with van der Waals surface area (Å²) in [7, 11) is -2.03. The van der Waals surface area contributed by atoms with Gasteiger partial charge in [-0.25, -0.2) is 8.42 Å². The van der Waals surface area contributed by atoms with Crippen LogP contribution in [0.3, 0.4) is 0 Å². The first-order chi connectivity index (χ1) is 9.87. The Bertz CT molecular complexity index is 595. The van der Waals surface area contributed by atoms with Gasteiger partial charge in [-0.2, -0.15) is 4.31 Å². The molecule has 1 aliphatic rings. The lowest BCUT2D eigenvalue weighted by Crippen LogP contribution is -2.43. The Morgan fingerprint density at radius 1 is 1.29 bits per heavy atom. The van der Waals surface area contributed by atoms with Crippen LogP contribution in [0.15, 0.2) is 23.1 Å². The van der Waals surface area contributed by atoms with Crippen molar-refractivity contribution in [1.29, 1.82) is 0 Å². The molecule has 0 aliphatic heterocycles. The van der Waals surface area contributed by atoms with E-state index in [9.17, 15) is 8.42 Å². The van der Waals surface area contributed by atoms with Crippen LogP contribution in [0.25, 0.3) is 0 Å². The van der Waals surface area contributed by atoms with Crippen LogP contribution < -0.4 is 4.74 Å². The summed E-state index contributed by atoms with van der Waals surface area (Å²) in [6.07, 6.45) is 4.04. The molecule has 0 unspecified atom stereocenters. The molecular formula is C15H22ClNO3S. The van der Waals surface area contributed by atoms with E-state index in [4.69, 9.17) is 16.3 Å². The molecule has 0 atom stereocenters. The van der Waals surface area contributed by atoms with E-state index in [1.54, 1.807) is 16.4 Å². The Kier molecular flexibility index (Phi) is 5.17. The molecule has 1 aliphatic carbocycles. The molecular weight excluding hydrogens is 310 g/mol. The Morgan fingerprint density at radius 2 is 1.90 bits per heavy atom. The number of methoxy groups -OCH3 is 1. The molecule has 0 radical (unpaired) electrons. The summed E-state index contributed by atoms with van der Waals surface area (Å²) < 4.78 is 32.6. The summed E-state index contributed by atoms with van der Waals surface area (Å²) >= 11 is 6.07. The van der Waals surface area contributed by atoms with Crippen LogP contribution in [0, 0.1) is 0 Å². The summed E-state index contributed by atoms with van der Waals surface area (Å²) in [5.74, 6) is 0.479. The first kappa shape index (κ1) is 16.6. The van der Waals surface area contributed by atoms with Crippen molar-refractivity contribution >= 4 is 21.6 Å². The molecule has 0 spiro atoms. The third-order valence-corrected chi connectivity index (χ3v) is 6.31. The van der Waals surface area contributed by atoms with E-state index in [2.05, 4.69) is 0 Å². The molecule has 1 saturated carbocycles. The van der Waals surface area contributed by atoms with Crippen molar-refractivity contribution in [3.63, 3.8) is 0 Å². The van der Waals surface area contributed by atoms with Gasteiger partial charge in [0.05, 0.1) is 17.0 Å². The first-order valence-electron chi connectivity index (χ1n) is 7.25. The number of hydrogen-bond acceptors (Lipinski definition) is 3. The lowest BCUT2D eigenvalue weighted by molar-refractivity contribution is 0.275. The van der Waals surface area contributed by atoms with Crippen LogP contribution in [0.2, 0.25) is 5.02 Å². The second kappa shape index (κ2) is 6.55. The first-order valence-corrected chi connectivity index (χ1v) is 9.07. The van der Waals surface area contributed by atoms with Crippen molar-refractivity contribution in [2.24, 2.45) is 0 Å². The highest BCUT2D eigenvalue weighted by Crippen LogP contribution is 2.33. The maximum atomic E-state index is 12.9. The monoisotopic (exact) mass is 331 g/mol. The van der Waals surface area contributed by atoms with E-state index in [-0.39, 0.29) is 17.0 Å². The minimum atomic E-state index is -3.54. The van der Waals surface area contributed by atoms with Crippen molar-refractivity contribution < 1.29 is 13.2 Å². The predicted molar refractivity (Wildman–Crippen MR) is 84.4 cm³/mol. The SMILES string of the molecule is COc1ccc(S(=O)(=O)N(C(C)C)C2CCCC2)cc1Cl. The Morgan fingerprint density at radius 3 is 2.38 bits per heavy atom. The van der Waals surface area contributed by atoms with Crippen LogP contribution in [0.5, 0.6) is 5.75 Å². The average Bonchev–Trinajstić information content (AvgIpc) is 2.91. The molecule has 0 heterocycles. The average molecular weight is 332 g/mol. The number of halogens is 1. The van der Waals surface area contributed by atoms with Crippen molar-refractivity contribution in [3.05, 3.63) is 23.2 Å². The van der Waals surface area contributed by atoms with Gasteiger partial charge in [-0.1, -0.05) is 24.4 Å². The lowest BCUT2D eigenvalue weighted by atomic mass is 10.2. The molecule has 0 aromatic heterocycles. The second-order valence-electron chi connectivity index (χ2n) is 5.66. The Hall–Kier alpha value is -0.780. The fraction of sp³-hybridized carbons (Fsp3) is 0.600. The van der Waals surface area contributed by atoms with Gasteiger partial charge in [-0.3, -0.25) is 0 Å². The maximum Gasteiger partial charge on any atom is 0.243 e. The predicted octanol–water partition coefficient (Wildman–Crippen LogP) is 3.69. The van der Waals surface area contributed by atoms with Crippen LogP contribution >= 0.6 is 11.6 Å². The number of sulfonamides is 1. The van der Waals surface area contributed by atoms with Gasteiger partial charge in [0.25, 0.3) is 0 Å². The van der Waals surface area contributed by atoms with Crippen LogP contribution in [-0.4, -0.2) is 31.9 Å². The summed E-state index contributed by atoms with van der Waals surface area (Å²) in [4.78, 5) is 0.230. The zero-order chi connectivity index (χ0) is 15.6. The minimum absolute atomic E-state index is 0.0704. The summed E-state index contributed by atoms with van der Waals surface area (Å²) in [6, 6.07) is 4.65. The van der Waals surface area contributed by atoms with E-state index < -0.39 is 10.0 Å². The topological polar surface area (TPSA) is 46.6 Å². The number of ether oxygens (including phenoxy) is 1. The van der Waals surface area contributed by atoms with Crippen molar-refractivity contribution in [2.75, 3.05) is 7.11 Å². The summed E-state index contributed by atoms with van der Waals surface area (Å²) in [5, 5.41) is 0.314. The molecule has 21 heavy (non-hydrogen) atoms. The molecule has 1 aromatic carbocycles. The van der Waals surface area contributed by atoms with Crippen LogP contribution in [0.4, 0.5) is 0 Å². The van der Waals surface area contributed by atoms with Gasteiger partial charge in [0.2, 0.25) is 10.0 Å². The molecule has 2 rings (SSSR count). The lowest BCUT2D eigenvalue weighted by Gasteiger charge is -2.31. The molecule has 4 nitrogen and oxygen atoms in total. The van der Waals surface area contributed by atoms with Crippen molar-refractivity contribution in [2.45, 2.75) is 56.5 Å². The fourth-order valence-electron chi connectivity index (χ4n) is 2.98. The number of nitrogens with zero attached hydrogens (tertiary/aromatic N) is 1. The Balaban J connectivity index is 2.40. The number of benzene rings is 1. The van der Waals surface area contributed by atoms with E-state index in [0.717, 1.165) is 25.7 Å². The second-order valence-corrected chi connectivity index (χ2v) is 7.91. The Labute approximate surface area is 132 Å². The zero-order valence-electron chi connectivity index (χ0n) is 12.7. The van der Waals surface area contributed by atoms with E-state index in [1.807, 2.05) is 13.8 Å². The number of rotatable bonds is 5. The summed E-state index contributed by atoms with van der Waals surface area (Å²) in [5.41, 5.74) is 0. The van der Waals surface area contributed by atoms with Gasteiger partial charge >= 0.3 is 0 Å². The van der Waals surface area contributed by atoms with Crippen LogP contribution in [0.1, 0.15) is 39.5 Å². The highest BCUT2D eigenvalue weighted by Gasteiger charge is 2.35. The van der Waals surface area contributed by atoms with Crippen LogP contribution in [-0.2, 0) is 10.0 Å². The van der Waals surface area contributed by atoms with Gasteiger partial charge in [0, 0.05) is 12.1 Å². The van der Waals surface area contributed by atoms with E-state index >= 15 is 0 Å². The molecule has 1 fully saturated rings. The molecule has 0 amide bonds. The highest BCUT2D eigenvalue weighted by atomic mass is 35.5. The normalized spacial score (nSPS) is 16.9. The van der Waals surface area contributed by atoms with Crippen molar-refractivity contribution in [1.82, 2.24) is 4.31 Å². The van der Waals surface area contributed by atoms with Gasteiger partial charge < -0.3 is 4.74 Å². The highest BCUT2D eigenvalue weighted by molar-refractivity contribution is 7.89. The van der Waals surface area contributed by atoms with Gasteiger partial charge in [0.15, 0.2) is 0 Å². The largest absolute Gasteiger partial charge is 0.495 e. The summed E-state index contributed by atoms with van der Waals surface area (Å²) in [6.45, 7) is 3.84. The van der Waals surface area contributed by atoms with Gasteiger partial charge in [0.1, 0.15) is 5.75 Å². The molecule has 0 bridgehead atoms. The molecule has 6 heteroatoms.